The molecule has 0 bridgehead atoms. The number of hydrogen-bond acceptors (Lipinski definition) is 6. The van der Waals surface area contributed by atoms with E-state index in [9.17, 15) is 15.0 Å². The average molecular weight is 449 g/mol. The smallest absolute Gasteiger partial charge is 0.348 e. The van der Waals surface area contributed by atoms with Crippen LogP contribution in [0.2, 0.25) is 0 Å². The summed E-state index contributed by atoms with van der Waals surface area (Å²) in [5.74, 6) is 0.572. The number of aliphatic hydroxyl groups excluding tert-OH is 1. The zero-order valence-corrected chi connectivity index (χ0v) is 19.3. The van der Waals surface area contributed by atoms with Gasteiger partial charge in [0.25, 0.3) is 0 Å². The summed E-state index contributed by atoms with van der Waals surface area (Å²) in [4.78, 5) is 12.7. The van der Waals surface area contributed by atoms with Gasteiger partial charge in [-0.05, 0) is 94.3 Å². The normalized spacial score (nSPS) is 21.7. The van der Waals surface area contributed by atoms with Gasteiger partial charge in [-0.15, -0.1) is 0 Å². The molecule has 0 radical (unpaired) electrons. The van der Waals surface area contributed by atoms with E-state index in [4.69, 9.17) is 14.2 Å². The molecule has 2 N–H and O–H groups in total. The van der Waals surface area contributed by atoms with Crippen LogP contribution >= 0.6 is 0 Å². The number of phenols is 1. The summed E-state index contributed by atoms with van der Waals surface area (Å²) in [6, 6.07) is 8.84. The van der Waals surface area contributed by atoms with Crippen molar-refractivity contribution >= 4 is 17.6 Å². The summed E-state index contributed by atoms with van der Waals surface area (Å²) in [6.45, 7) is 8.12. The van der Waals surface area contributed by atoms with Gasteiger partial charge in [0, 0.05) is 11.6 Å². The van der Waals surface area contributed by atoms with E-state index in [-0.39, 0.29) is 34.0 Å². The highest BCUT2D eigenvalue weighted by molar-refractivity contribution is 6.21. The number of aromatic hydroxyl groups is 1. The lowest BCUT2D eigenvalue weighted by Crippen LogP contribution is -2.32. The zero-order valence-electron chi connectivity index (χ0n) is 19.3. The molecule has 172 valence electrons. The lowest BCUT2D eigenvalue weighted by Gasteiger charge is -2.32. The van der Waals surface area contributed by atoms with E-state index in [1.165, 1.54) is 6.08 Å². The molecule has 0 saturated carbocycles. The first kappa shape index (κ1) is 21.4. The Morgan fingerprint density at radius 3 is 2.21 bits per heavy atom. The molecule has 3 aliphatic heterocycles. The van der Waals surface area contributed by atoms with Crippen LogP contribution in [0.3, 0.4) is 0 Å². The van der Waals surface area contributed by atoms with E-state index in [1.54, 1.807) is 12.1 Å². The second kappa shape index (κ2) is 7.30. The van der Waals surface area contributed by atoms with Crippen LogP contribution in [0.25, 0.3) is 11.6 Å². The Morgan fingerprint density at radius 1 is 0.879 bits per heavy atom. The summed E-state index contributed by atoms with van der Waals surface area (Å²) in [6.07, 6.45) is 4.83. The molecule has 0 aromatic heterocycles. The second-order valence-electron chi connectivity index (χ2n) is 10.2. The molecular weight excluding hydrogens is 420 g/mol. The first-order valence-corrected chi connectivity index (χ1v) is 11.3. The summed E-state index contributed by atoms with van der Waals surface area (Å²) < 4.78 is 17.4. The molecule has 33 heavy (non-hydrogen) atoms. The highest BCUT2D eigenvalue weighted by Crippen LogP contribution is 2.41. The fourth-order valence-electron chi connectivity index (χ4n) is 4.55. The monoisotopic (exact) mass is 448 g/mol. The van der Waals surface area contributed by atoms with Gasteiger partial charge >= 0.3 is 5.97 Å². The van der Waals surface area contributed by atoms with Crippen molar-refractivity contribution in [2.45, 2.75) is 64.6 Å². The number of hydrogen-bond donors (Lipinski definition) is 2. The number of rotatable bonds is 2. The number of benzene rings is 2. The van der Waals surface area contributed by atoms with Crippen molar-refractivity contribution in [2.24, 2.45) is 0 Å². The summed E-state index contributed by atoms with van der Waals surface area (Å²) in [5, 5.41) is 21.4. The third-order valence-electron chi connectivity index (χ3n) is 6.49. The van der Waals surface area contributed by atoms with E-state index in [0.29, 0.717) is 16.9 Å². The van der Waals surface area contributed by atoms with Crippen LogP contribution in [0, 0.1) is 0 Å². The number of phenolic OH excluding ortho intramolecular Hbond substituents is 1. The Kier molecular flexibility index (Phi) is 4.74. The fraction of sp³-hybridized carbons (Fsp3) is 0.370. The van der Waals surface area contributed by atoms with Crippen molar-refractivity contribution in [3.8, 4) is 17.2 Å². The first-order chi connectivity index (χ1) is 15.5. The Hall–Kier alpha value is -3.41. The molecule has 0 unspecified atom stereocenters. The predicted molar refractivity (Wildman–Crippen MR) is 124 cm³/mol. The van der Waals surface area contributed by atoms with E-state index in [1.807, 2.05) is 45.9 Å². The molecule has 3 heterocycles. The third kappa shape index (κ3) is 3.94. The maximum atomic E-state index is 12.7. The molecular formula is C27H28O6. The first-order valence-electron chi connectivity index (χ1n) is 11.3. The van der Waals surface area contributed by atoms with Crippen LogP contribution in [0.1, 0.15) is 62.8 Å². The third-order valence-corrected chi connectivity index (χ3v) is 6.49. The van der Waals surface area contributed by atoms with Gasteiger partial charge in [0.2, 0.25) is 0 Å². The van der Waals surface area contributed by atoms with Crippen LogP contribution in [0.5, 0.6) is 17.2 Å². The Bertz CT molecular complexity index is 1230. The van der Waals surface area contributed by atoms with Crippen molar-refractivity contribution in [1.29, 1.82) is 0 Å². The fourth-order valence-corrected chi connectivity index (χ4v) is 4.55. The van der Waals surface area contributed by atoms with Gasteiger partial charge in [0.05, 0.1) is 0 Å². The molecule has 3 aliphatic rings. The van der Waals surface area contributed by atoms with Gasteiger partial charge in [-0.2, -0.15) is 0 Å². The molecule has 0 atom stereocenters. The Balaban J connectivity index is 1.49. The van der Waals surface area contributed by atoms with Gasteiger partial charge in [-0.25, -0.2) is 4.79 Å². The molecule has 0 saturated heterocycles. The second-order valence-corrected chi connectivity index (χ2v) is 10.2. The number of carbonyl (C=O) groups excluding carboxylic acids is 1. The number of cyclic esters (lactones) is 1. The number of ether oxygens (including phenoxy) is 3. The highest BCUT2D eigenvalue weighted by atomic mass is 16.6. The molecule has 2 aromatic rings. The van der Waals surface area contributed by atoms with Crippen LogP contribution in [0.4, 0.5) is 0 Å². The molecule has 0 spiro atoms. The summed E-state index contributed by atoms with van der Waals surface area (Å²) in [5.41, 5.74) is 2.58. The zero-order chi connectivity index (χ0) is 23.5. The maximum absolute atomic E-state index is 12.7. The van der Waals surface area contributed by atoms with Crippen molar-refractivity contribution in [2.75, 3.05) is 0 Å². The highest BCUT2D eigenvalue weighted by Gasteiger charge is 2.34. The lowest BCUT2D eigenvalue weighted by atomic mass is 9.92. The summed E-state index contributed by atoms with van der Waals surface area (Å²) >= 11 is 0. The quantitative estimate of drug-likeness (QED) is 0.593. The molecule has 2 aromatic carbocycles. The van der Waals surface area contributed by atoms with Crippen molar-refractivity contribution in [1.82, 2.24) is 0 Å². The largest absolute Gasteiger partial charge is 0.507 e. The van der Waals surface area contributed by atoms with Gasteiger partial charge < -0.3 is 24.4 Å². The number of carbonyl (C=O) groups is 1. The molecule has 0 fully saturated rings. The minimum Gasteiger partial charge on any atom is -0.507 e. The molecule has 0 aliphatic carbocycles. The van der Waals surface area contributed by atoms with Gasteiger partial charge in [-0.1, -0.05) is 6.07 Å². The van der Waals surface area contributed by atoms with E-state index in [2.05, 4.69) is 0 Å². The van der Waals surface area contributed by atoms with Crippen molar-refractivity contribution in [3.63, 3.8) is 0 Å². The minimum atomic E-state index is -0.627. The average Bonchev–Trinajstić information content (AvgIpc) is 3.00. The predicted octanol–water partition coefficient (Wildman–Crippen LogP) is 5.47. The van der Waals surface area contributed by atoms with Crippen LogP contribution in [0.15, 0.2) is 41.9 Å². The Labute approximate surface area is 193 Å². The molecule has 5 rings (SSSR count). The molecule has 6 heteroatoms. The topological polar surface area (TPSA) is 85.2 Å². The number of aliphatic hydroxyl groups is 1. The Morgan fingerprint density at radius 2 is 1.52 bits per heavy atom. The number of esters is 1. The van der Waals surface area contributed by atoms with E-state index in [0.717, 1.165) is 42.6 Å². The molecule has 0 amide bonds. The van der Waals surface area contributed by atoms with Crippen LogP contribution < -0.4 is 9.47 Å². The minimum absolute atomic E-state index is 0.00945. The van der Waals surface area contributed by atoms with Crippen LogP contribution in [-0.4, -0.2) is 27.4 Å². The molecule has 6 nitrogen and oxygen atoms in total. The van der Waals surface area contributed by atoms with Gasteiger partial charge in [0.1, 0.15) is 34.0 Å². The maximum Gasteiger partial charge on any atom is 0.348 e. The van der Waals surface area contributed by atoms with E-state index < -0.39 is 5.97 Å². The SMILES string of the molecule is CC1(C)CCc2cc(C3=C(O)C(=Cc4cc5c(cc4O)OC(C)(C)CC5)OC3=O)ccc2O1. The standard InChI is InChI=1S/C27H28O6/c1-26(2)9-7-15-11-17(5-6-20(15)32-26)23-24(29)22(31-25(23)30)13-18-12-16-8-10-27(3,4)33-21(16)14-19(18)28/h5-6,11-14,28-29H,7-10H2,1-4H3. The van der Waals surface area contributed by atoms with Crippen LogP contribution in [-0.2, 0) is 22.4 Å². The number of aryl methyl sites for hydroxylation is 2. The van der Waals surface area contributed by atoms with Crippen molar-refractivity contribution < 1.29 is 29.2 Å². The van der Waals surface area contributed by atoms with Crippen molar-refractivity contribution in [3.05, 3.63) is 64.1 Å². The van der Waals surface area contributed by atoms with Gasteiger partial charge in [-0.3, -0.25) is 0 Å². The van der Waals surface area contributed by atoms with Gasteiger partial charge in [0.15, 0.2) is 11.5 Å². The van der Waals surface area contributed by atoms with E-state index >= 15 is 0 Å². The summed E-state index contributed by atoms with van der Waals surface area (Å²) in [7, 11) is 0. The lowest BCUT2D eigenvalue weighted by molar-refractivity contribution is -0.131. The number of fused-ring (bicyclic) bond motifs is 2.